The molecule has 0 radical (unpaired) electrons. The quantitative estimate of drug-likeness (QED) is 0.444. The number of fused-ring (bicyclic) bond motifs is 1. The highest BCUT2D eigenvalue weighted by Gasteiger charge is 2.31. The van der Waals surface area contributed by atoms with Crippen molar-refractivity contribution in [3.63, 3.8) is 0 Å². The van der Waals surface area contributed by atoms with E-state index in [1.165, 1.54) is 6.33 Å². The Balaban J connectivity index is 1.79. The van der Waals surface area contributed by atoms with Crippen LogP contribution in [0.25, 0.3) is 0 Å². The fourth-order valence-electron chi connectivity index (χ4n) is 3.33. The van der Waals surface area contributed by atoms with Crippen LogP contribution in [0.1, 0.15) is 17.5 Å². The number of benzene rings is 2. The van der Waals surface area contributed by atoms with Crippen molar-refractivity contribution in [2.24, 2.45) is 0 Å². The third-order valence-corrected chi connectivity index (χ3v) is 5.09. The molecule has 0 saturated carbocycles. The van der Waals surface area contributed by atoms with Gasteiger partial charge in [-0.05, 0) is 55.2 Å². The Bertz CT molecular complexity index is 1060. The lowest BCUT2D eigenvalue weighted by molar-refractivity contribution is -0.385. The van der Waals surface area contributed by atoms with Crippen molar-refractivity contribution in [3.05, 3.63) is 75.1 Å². The van der Waals surface area contributed by atoms with E-state index in [2.05, 4.69) is 9.97 Å². The molecule has 7 nitrogen and oxygen atoms in total. The number of rotatable bonds is 4. The summed E-state index contributed by atoms with van der Waals surface area (Å²) in [5.41, 5.74) is 2.61. The minimum atomic E-state index is -0.495. The average Bonchev–Trinajstić information content (AvgIpc) is 2.70. The lowest BCUT2D eigenvalue weighted by Gasteiger charge is -2.29. The second-order valence-electron chi connectivity index (χ2n) is 6.51. The van der Waals surface area contributed by atoms with E-state index in [0.717, 1.165) is 29.7 Å². The van der Waals surface area contributed by atoms with Crippen LogP contribution >= 0.6 is 11.6 Å². The maximum absolute atomic E-state index is 11.9. The Labute approximate surface area is 166 Å². The van der Waals surface area contributed by atoms with E-state index >= 15 is 0 Å². The maximum Gasteiger partial charge on any atom is 0.373 e. The first kappa shape index (κ1) is 18.2. The van der Waals surface area contributed by atoms with Gasteiger partial charge in [0.05, 0.1) is 4.92 Å². The number of aromatic nitrogens is 2. The van der Waals surface area contributed by atoms with Gasteiger partial charge in [-0.3, -0.25) is 10.1 Å². The first-order chi connectivity index (χ1) is 13.5. The number of nitrogens with zero attached hydrogens (tertiary/aromatic N) is 4. The second-order valence-corrected chi connectivity index (χ2v) is 6.91. The third-order valence-electron chi connectivity index (χ3n) is 4.66. The summed E-state index contributed by atoms with van der Waals surface area (Å²) in [6.45, 7) is 2.47. The Morgan fingerprint density at radius 1 is 1.21 bits per heavy atom. The van der Waals surface area contributed by atoms with Gasteiger partial charge < -0.3 is 9.64 Å². The van der Waals surface area contributed by atoms with E-state index < -0.39 is 4.92 Å². The Kier molecular flexibility index (Phi) is 4.83. The van der Waals surface area contributed by atoms with E-state index in [1.54, 1.807) is 18.2 Å². The monoisotopic (exact) mass is 396 g/mol. The summed E-state index contributed by atoms with van der Waals surface area (Å²) in [6, 6.07) is 12.9. The summed E-state index contributed by atoms with van der Waals surface area (Å²) in [5, 5.41) is 12.5. The minimum absolute atomic E-state index is 0.0974. The third kappa shape index (κ3) is 3.36. The SMILES string of the molecule is Cc1cc(Oc2ncnc(N3CCCc4ccccc43)c2[N+](=O)[O-])ccc1Cl. The molecule has 0 bridgehead atoms. The van der Waals surface area contributed by atoms with Crippen LogP contribution in [0.4, 0.5) is 17.2 Å². The van der Waals surface area contributed by atoms with E-state index in [4.69, 9.17) is 16.3 Å². The van der Waals surface area contributed by atoms with Crippen LogP contribution in [0.2, 0.25) is 5.02 Å². The van der Waals surface area contributed by atoms with Gasteiger partial charge in [0.2, 0.25) is 5.82 Å². The van der Waals surface area contributed by atoms with Crippen molar-refractivity contribution in [3.8, 4) is 11.6 Å². The van der Waals surface area contributed by atoms with E-state index in [0.29, 0.717) is 17.3 Å². The molecule has 2 heterocycles. The number of hydrogen-bond acceptors (Lipinski definition) is 6. The van der Waals surface area contributed by atoms with E-state index in [1.807, 2.05) is 36.1 Å². The Morgan fingerprint density at radius 3 is 2.82 bits per heavy atom. The number of hydrogen-bond donors (Lipinski definition) is 0. The van der Waals surface area contributed by atoms with Crippen LogP contribution in [0.5, 0.6) is 11.6 Å². The van der Waals surface area contributed by atoms with Gasteiger partial charge in [0.25, 0.3) is 0 Å². The summed E-state index contributed by atoms with van der Waals surface area (Å²) in [7, 11) is 0. The van der Waals surface area contributed by atoms with Gasteiger partial charge in [-0.2, -0.15) is 4.98 Å². The van der Waals surface area contributed by atoms with Crippen LogP contribution in [-0.4, -0.2) is 21.4 Å². The molecule has 0 spiro atoms. The molecule has 1 aliphatic heterocycles. The van der Waals surface area contributed by atoms with Crippen molar-refractivity contribution < 1.29 is 9.66 Å². The molecule has 2 aromatic carbocycles. The molecule has 0 amide bonds. The Hall–Kier alpha value is -3.19. The average molecular weight is 397 g/mol. The first-order valence-corrected chi connectivity index (χ1v) is 9.21. The molecule has 0 saturated heterocycles. The zero-order valence-corrected chi connectivity index (χ0v) is 15.9. The van der Waals surface area contributed by atoms with Crippen molar-refractivity contribution >= 4 is 28.8 Å². The summed E-state index contributed by atoms with van der Waals surface area (Å²) in [6.07, 6.45) is 3.10. The van der Waals surface area contributed by atoms with Crippen LogP contribution in [0, 0.1) is 17.0 Å². The zero-order chi connectivity index (χ0) is 19.7. The fourth-order valence-corrected chi connectivity index (χ4v) is 3.45. The van der Waals surface area contributed by atoms with Crippen molar-refractivity contribution in [2.45, 2.75) is 19.8 Å². The number of aryl methyl sites for hydroxylation is 2. The van der Waals surface area contributed by atoms with Crippen LogP contribution in [0.15, 0.2) is 48.8 Å². The largest absolute Gasteiger partial charge is 0.434 e. The molecule has 0 aliphatic carbocycles. The van der Waals surface area contributed by atoms with Crippen molar-refractivity contribution in [1.29, 1.82) is 0 Å². The van der Waals surface area contributed by atoms with Gasteiger partial charge in [0.1, 0.15) is 12.1 Å². The topological polar surface area (TPSA) is 81.4 Å². The molecule has 0 N–H and O–H groups in total. The van der Waals surface area contributed by atoms with Gasteiger partial charge in [-0.1, -0.05) is 29.8 Å². The van der Waals surface area contributed by atoms with Gasteiger partial charge in [-0.25, -0.2) is 4.98 Å². The number of ether oxygens (including phenoxy) is 1. The summed E-state index contributed by atoms with van der Waals surface area (Å²) in [4.78, 5) is 21.5. The molecule has 28 heavy (non-hydrogen) atoms. The van der Waals surface area contributed by atoms with E-state index in [9.17, 15) is 10.1 Å². The lowest BCUT2D eigenvalue weighted by atomic mass is 10.0. The predicted molar refractivity (Wildman–Crippen MR) is 107 cm³/mol. The first-order valence-electron chi connectivity index (χ1n) is 8.83. The van der Waals surface area contributed by atoms with Gasteiger partial charge >= 0.3 is 11.6 Å². The number of halogens is 1. The number of para-hydroxylation sites is 1. The highest BCUT2D eigenvalue weighted by atomic mass is 35.5. The molecule has 4 rings (SSSR count). The molecular weight excluding hydrogens is 380 g/mol. The minimum Gasteiger partial charge on any atom is -0.434 e. The second kappa shape index (κ2) is 7.44. The smallest absolute Gasteiger partial charge is 0.373 e. The molecule has 1 aromatic heterocycles. The molecule has 8 heteroatoms. The zero-order valence-electron chi connectivity index (χ0n) is 15.1. The standard InChI is InChI=1S/C20H17ClN4O3/c1-13-11-15(8-9-16(13)21)28-20-18(25(26)27)19(22-12-23-20)24-10-4-6-14-5-2-3-7-17(14)24/h2-3,5,7-9,11-12H,4,6,10H2,1H3. The molecule has 0 fully saturated rings. The van der Waals surface area contributed by atoms with Crippen LogP contribution in [0.3, 0.4) is 0 Å². The summed E-state index contributed by atoms with van der Waals surface area (Å²) in [5.74, 6) is 0.557. The number of nitro groups is 1. The predicted octanol–water partition coefficient (Wildman–Crippen LogP) is 5.22. The van der Waals surface area contributed by atoms with E-state index in [-0.39, 0.29) is 17.4 Å². The van der Waals surface area contributed by atoms with Gasteiger partial charge in [0.15, 0.2) is 0 Å². The van der Waals surface area contributed by atoms with Gasteiger partial charge in [0, 0.05) is 17.3 Å². The molecule has 3 aromatic rings. The van der Waals surface area contributed by atoms with Crippen LogP contribution in [-0.2, 0) is 6.42 Å². The molecule has 0 atom stereocenters. The summed E-state index contributed by atoms with van der Waals surface area (Å²) >= 11 is 6.04. The summed E-state index contributed by atoms with van der Waals surface area (Å²) < 4.78 is 5.75. The van der Waals surface area contributed by atoms with Crippen molar-refractivity contribution in [1.82, 2.24) is 9.97 Å². The highest BCUT2D eigenvalue weighted by molar-refractivity contribution is 6.31. The highest BCUT2D eigenvalue weighted by Crippen LogP contribution is 2.41. The molecule has 142 valence electrons. The number of anilines is 2. The van der Waals surface area contributed by atoms with Crippen LogP contribution < -0.4 is 9.64 Å². The molecule has 1 aliphatic rings. The molecule has 0 unspecified atom stereocenters. The normalized spacial score (nSPS) is 13.1. The van der Waals surface area contributed by atoms with Gasteiger partial charge in [-0.15, -0.1) is 0 Å². The maximum atomic E-state index is 11.9. The Morgan fingerprint density at radius 2 is 2.04 bits per heavy atom. The lowest BCUT2D eigenvalue weighted by Crippen LogP contribution is -2.26. The molecular formula is C20H17ClN4O3. The van der Waals surface area contributed by atoms with Crippen molar-refractivity contribution in [2.75, 3.05) is 11.4 Å². The fraction of sp³-hybridized carbons (Fsp3) is 0.200.